The van der Waals surface area contributed by atoms with Gasteiger partial charge in [-0.3, -0.25) is 9.11 Å². The van der Waals surface area contributed by atoms with E-state index in [4.69, 9.17) is 9.11 Å². The fourth-order valence-corrected chi connectivity index (χ4v) is 2.38. The molecular weight excluding hydrogens is 353 g/mol. The Balaban J connectivity index is 0.000000403. The summed E-state index contributed by atoms with van der Waals surface area (Å²) < 4.78 is 59.1. The van der Waals surface area contributed by atoms with Crippen molar-refractivity contribution in [2.75, 3.05) is 0 Å². The van der Waals surface area contributed by atoms with E-state index in [9.17, 15) is 16.8 Å². The summed E-state index contributed by atoms with van der Waals surface area (Å²) in [6, 6.07) is 12.0. The highest BCUT2D eigenvalue weighted by Crippen LogP contribution is 2.09. The predicted octanol–water partition coefficient (Wildman–Crippen LogP) is 2.10. The van der Waals surface area contributed by atoms with Crippen LogP contribution in [0, 0.1) is 13.8 Å². The maximum Gasteiger partial charge on any atom is 0.294 e. The number of rotatable bonds is 2. The number of benzene rings is 2. The van der Waals surface area contributed by atoms with Gasteiger partial charge in [-0.05, 0) is 38.1 Å². The monoisotopic (exact) mass is 368 g/mol. The lowest BCUT2D eigenvalue weighted by molar-refractivity contribution is 0.481. The van der Waals surface area contributed by atoms with Crippen molar-refractivity contribution >= 4 is 43.3 Å². The third-order valence-electron chi connectivity index (χ3n) is 2.64. The minimum atomic E-state index is -4.02. The van der Waals surface area contributed by atoms with Crippen molar-refractivity contribution < 1.29 is 25.9 Å². The number of hydrogen-bond donors (Lipinski definition) is 2. The summed E-state index contributed by atoms with van der Waals surface area (Å²) in [5, 5.41) is 0. The second-order valence-electron chi connectivity index (χ2n) is 4.58. The molecule has 0 unspecified atom stereocenters. The van der Waals surface area contributed by atoms with Crippen molar-refractivity contribution in [2.24, 2.45) is 0 Å². The quantitative estimate of drug-likeness (QED) is 0.620. The molecule has 122 valence electrons. The molecule has 23 heavy (non-hydrogen) atoms. The summed E-state index contributed by atoms with van der Waals surface area (Å²) in [5.41, 5.74) is 1.91. The Morgan fingerprint density at radius 3 is 1.00 bits per heavy atom. The fraction of sp³-hybridized carbons (Fsp3) is 0.143. The zero-order chi connectivity index (χ0) is 17.0. The van der Waals surface area contributed by atoms with Gasteiger partial charge < -0.3 is 0 Å². The van der Waals surface area contributed by atoms with Crippen LogP contribution < -0.4 is 0 Å². The van der Waals surface area contributed by atoms with Crippen molar-refractivity contribution in [3.8, 4) is 0 Å². The van der Waals surface area contributed by atoms with Crippen molar-refractivity contribution in [3.05, 3.63) is 59.7 Å². The normalized spacial score (nSPS) is 11.0. The van der Waals surface area contributed by atoms with Crippen molar-refractivity contribution in [1.82, 2.24) is 0 Å². The van der Waals surface area contributed by atoms with Gasteiger partial charge in [0.2, 0.25) is 0 Å². The van der Waals surface area contributed by atoms with Gasteiger partial charge in [-0.2, -0.15) is 16.8 Å². The Morgan fingerprint density at radius 1 is 0.609 bits per heavy atom. The molecule has 0 amide bonds. The molecule has 0 saturated heterocycles. The third-order valence-corrected chi connectivity index (χ3v) is 4.37. The summed E-state index contributed by atoms with van der Waals surface area (Å²) in [7, 11) is -8.04. The third kappa shape index (κ3) is 7.91. The molecule has 0 aliphatic heterocycles. The van der Waals surface area contributed by atoms with Gasteiger partial charge in [0.15, 0.2) is 0 Å². The summed E-state index contributed by atoms with van der Waals surface area (Å²) in [6.07, 6.45) is 0. The zero-order valence-corrected chi connectivity index (χ0v) is 15.7. The first-order valence-electron chi connectivity index (χ1n) is 6.08. The standard InChI is InChI=1S/2C7H8O3S.Mg/c2*1-6-2-4-7(5-3-6)11(8,9)10;/h2*2-5H,1H3,(H,8,9,10);. The summed E-state index contributed by atoms with van der Waals surface area (Å²) in [4.78, 5) is -0.133. The first kappa shape index (κ1) is 22.0. The van der Waals surface area contributed by atoms with E-state index in [0.717, 1.165) is 11.1 Å². The molecule has 2 aromatic carbocycles. The Kier molecular flexibility index (Phi) is 8.39. The second-order valence-corrected chi connectivity index (χ2v) is 7.42. The van der Waals surface area contributed by atoms with Crippen LogP contribution in [0.4, 0.5) is 0 Å². The minimum absolute atomic E-state index is 0. The largest absolute Gasteiger partial charge is 0.294 e. The average Bonchev–Trinajstić information content (AvgIpc) is 2.38. The van der Waals surface area contributed by atoms with Crippen molar-refractivity contribution in [2.45, 2.75) is 23.6 Å². The van der Waals surface area contributed by atoms with Crippen LogP contribution in [0.3, 0.4) is 0 Å². The van der Waals surface area contributed by atoms with E-state index >= 15 is 0 Å². The number of hydrogen-bond acceptors (Lipinski definition) is 4. The summed E-state index contributed by atoms with van der Waals surface area (Å²) >= 11 is 0. The Labute approximate surface area is 152 Å². The van der Waals surface area contributed by atoms with E-state index in [-0.39, 0.29) is 32.8 Å². The molecule has 2 N–H and O–H groups in total. The minimum Gasteiger partial charge on any atom is -0.282 e. The fourth-order valence-electron chi connectivity index (χ4n) is 1.42. The van der Waals surface area contributed by atoms with E-state index in [1.807, 2.05) is 13.8 Å². The highest BCUT2D eigenvalue weighted by atomic mass is 32.2. The molecule has 2 aromatic rings. The van der Waals surface area contributed by atoms with Crippen molar-refractivity contribution in [3.63, 3.8) is 0 Å². The molecule has 2 rings (SSSR count). The molecule has 0 aliphatic rings. The van der Waals surface area contributed by atoms with Crippen LogP contribution >= 0.6 is 0 Å². The van der Waals surface area contributed by atoms with Crippen LogP contribution in [0.1, 0.15) is 11.1 Å². The number of aryl methyl sites for hydroxylation is 2. The van der Waals surface area contributed by atoms with Gasteiger partial charge in [-0.25, -0.2) is 0 Å². The van der Waals surface area contributed by atoms with Crippen LogP contribution in [0.15, 0.2) is 58.3 Å². The van der Waals surface area contributed by atoms with Gasteiger partial charge in [0, 0.05) is 23.1 Å². The Hall–Kier alpha value is -0.974. The Bertz CT molecular complexity index is 752. The molecule has 0 atom stereocenters. The van der Waals surface area contributed by atoms with Crippen LogP contribution in [0.2, 0.25) is 0 Å². The van der Waals surface area contributed by atoms with Crippen LogP contribution in [0.25, 0.3) is 0 Å². The van der Waals surface area contributed by atoms with Gasteiger partial charge in [-0.1, -0.05) is 35.4 Å². The van der Waals surface area contributed by atoms with Gasteiger partial charge >= 0.3 is 0 Å². The first-order valence-corrected chi connectivity index (χ1v) is 8.96. The lowest BCUT2D eigenvalue weighted by atomic mass is 10.2. The van der Waals surface area contributed by atoms with E-state index in [0.29, 0.717) is 0 Å². The molecule has 0 aromatic heterocycles. The maximum atomic E-state index is 10.5. The van der Waals surface area contributed by atoms with E-state index in [2.05, 4.69) is 0 Å². The second kappa shape index (κ2) is 8.76. The molecule has 0 heterocycles. The topological polar surface area (TPSA) is 109 Å². The molecule has 0 spiro atoms. The SMILES string of the molecule is Cc1ccc(S(=O)(=O)O)cc1.Cc1ccc(S(=O)(=O)O)cc1.[Mg]. The molecule has 2 radical (unpaired) electrons. The highest BCUT2D eigenvalue weighted by Gasteiger charge is 2.07. The lowest BCUT2D eigenvalue weighted by Crippen LogP contribution is -1.96. The lowest BCUT2D eigenvalue weighted by Gasteiger charge is -1.95. The van der Waals surface area contributed by atoms with E-state index in [1.54, 1.807) is 24.3 Å². The summed E-state index contributed by atoms with van der Waals surface area (Å²) in [6.45, 7) is 3.68. The smallest absolute Gasteiger partial charge is 0.282 e. The van der Waals surface area contributed by atoms with Crippen molar-refractivity contribution in [1.29, 1.82) is 0 Å². The first-order chi connectivity index (χ1) is 10.00. The highest BCUT2D eigenvalue weighted by molar-refractivity contribution is 7.86. The maximum absolute atomic E-state index is 10.5. The molecule has 0 saturated carbocycles. The molecule has 0 bridgehead atoms. The zero-order valence-electron chi connectivity index (χ0n) is 12.7. The predicted molar refractivity (Wildman–Crippen MR) is 87.7 cm³/mol. The van der Waals surface area contributed by atoms with Gasteiger partial charge in [0.25, 0.3) is 20.2 Å². The molecule has 0 fully saturated rings. The van der Waals surface area contributed by atoms with Crippen LogP contribution in [-0.4, -0.2) is 49.0 Å². The van der Waals surface area contributed by atoms with Gasteiger partial charge in [0.05, 0.1) is 9.79 Å². The Morgan fingerprint density at radius 2 is 0.826 bits per heavy atom. The summed E-state index contributed by atoms with van der Waals surface area (Å²) in [5.74, 6) is 0. The van der Waals surface area contributed by atoms with Crippen LogP contribution in [0.5, 0.6) is 0 Å². The molecule has 6 nitrogen and oxygen atoms in total. The molecule has 9 heteroatoms. The van der Waals surface area contributed by atoms with Gasteiger partial charge in [-0.15, -0.1) is 0 Å². The van der Waals surface area contributed by atoms with E-state index < -0.39 is 20.2 Å². The van der Waals surface area contributed by atoms with Gasteiger partial charge in [0.1, 0.15) is 0 Å². The van der Waals surface area contributed by atoms with E-state index in [1.165, 1.54) is 24.3 Å². The van der Waals surface area contributed by atoms with Crippen LogP contribution in [-0.2, 0) is 20.2 Å². The average molecular weight is 369 g/mol. The molecular formula is C14H16MgO6S2. The molecule has 0 aliphatic carbocycles.